The lowest BCUT2D eigenvalue weighted by molar-refractivity contribution is 0.357. The van der Waals surface area contributed by atoms with E-state index in [1.165, 1.54) is 0 Å². The normalized spacial score (nSPS) is 14.2. The Morgan fingerprint density at radius 1 is 1.38 bits per heavy atom. The molecule has 1 heterocycles. The van der Waals surface area contributed by atoms with Crippen molar-refractivity contribution in [2.45, 2.75) is 33.7 Å². The van der Waals surface area contributed by atoms with Crippen LogP contribution in [-0.4, -0.2) is 26.2 Å². The fraction of sp³-hybridized carbons (Fsp3) is 0.875. The summed E-state index contributed by atoms with van der Waals surface area (Å²) >= 11 is 0. The van der Waals surface area contributed by atoms with Gasteiger partial charge in [0.1, 0.15) is 0 Å². The summed E-state index contributed by atoms with van der Waals surface area (Å²) in [6.45, 7) is 8.64. The Labute approximate surface area is 78.5 Å². The van der Waals surface area contributed by atoms with E-state index in [4.69, 9.17) is 0 Å². The molecule has 0 radical (unpaired) electrons. The summed E-state index contributed by atoms with van der Waals surface area (Å²) in [5.74, 6) is 0.711. The SMILES string of the molecule is CC(Nc1nnnn1C)C(C)(C)C. The van der Waals surface area contributed by atoms with Gasteiger partial charge in [-0.1, -0.05) is 25.9 Å². The molecule has 0 aliphatic heterocycles. The van der Waals surface area contributed by atoms with Gasteiger partial charge in [-0.15, -0.1) is 0 Å². The summed E-state index contributed by atoms with van der Waals surface area (Å²) < 4.78 is 1.63. The average Bonchev–Trinajstić information content (AvgIpc) is 2.34. The van der Waals surface area contributed by atoms with Gasteiger partial charge < -0.3 is 5.32 Å². The van der Waals surface area contributed by atoms with E-state index in [1.807, 2.05) is 7.05 Å². The summed E-state index contributed by atoms with van der Waals surface area (Å²) in [6, 6.07) is 0.331. The first-order valence-electron chi connectivity index (χ1n) is 4.40. The molecule has 0 saturated heterocycles. The van der Waals surface area contributed by atoms with Crippen LogP contribution in [0.25, 0.3) is 0 Å². The minimum atomic E-state index is 0.200. The van der Waals surface area contributed by atoms with E-state index < -0.39 is 0 Å². The number of aryl methyl sites for hydroxylation is 1. The molecule has 0 bridgehead atoms. The molecule has 0 amide bonds. The molecule has 0 aromatic carbocycles. The first-order valence-corrected chi connectivity index (χ1v) is 4.40. The quantitative estimate of drug-likeness (QED) is 0.744. The lowest BCUT2D eigenvalue weighted by atomic mass is 9.88. The van der Waals surface area contributed by atoms with Crippen molar-refractivity contribution in [1.82, 2.24) is 20.2 Å². The lowest BCUT2D eigenvalue weighted by Gasteiger charge is -2.27. The van der Waals surface area contributed by atoms with E-state index in [-0.39, 0.29) is 5.41 Å². The molecule has 1 unspecified atom stereocenters. The minimum absolute atomic E-state index is 0.200. The van der Waals surface area contributed by atoms with Crippen LogP contribution >= 0.6 is 0 Å². The minimum Gasteiger partial charge on any atom is -0.350 e. The molecule has 5 heteroatoms. The van der Waals surface area contributed by atoms with Crippen LogP contribution in [-0.2, 0) is 7.05 Å². The second kappa shape index (κ2) is 3.32. The van der Waals surface area contributed by atoms with Gasteiger partial charge in [-0.3, -0.25) is 0 Å². The monoisotopic (exact) mass is 183 g/mol. The maximum Gasteiger partial charge on any atom is 0.242 e. The highest BCUT2D eigenvalue weighted by Crippen LogP contribution is 2.21. The van der Waals surface area contributed by atoms with Gasteiger partial charge >= 0.3 is 0 Å². The van der Waals surface area contributed by atoms with Crippen molar-refractivity contribution < 1.29 is 0 Å². The molecule has 0 spiro atoms. The molecule has 0 saturated carbocycles. The Morgan fingerprint density at radius 2 is 2.00 bits per heavy atom. The third-order valence-corrected chi connectivity index (χ3v) is 2.26. The lowest BCUT2D eigenvalue weighted by Crippen LogP contribution is -2.31. The van der Waals surface area contributed by atoms with Crippen molar-refractivity contribution >= 4 is 5.95 Å². The summed E-state index contributed by atoms with van der Waals surface area (Å²) in [7, 11) is 1.82. The molecule has 5 nitrogen and oxygen atoms in total. The summed E-state index contributed by atoms with van der Waals surface area (Å²) in [4.78, 5) is 0. The molecule has 1 N–H and O–H groups in total. The van der Waals surface area contributed by atoms with Crippen LogP contribution in [0, 0.1) is 5.41 Å². The molecule has 74 valence electrons. The van der Waals surface area contributed by atoms with Crippen LogP contribution in [0.3, 0.4) is 0 Å². The molecule has 0 aliphatic carbocycles. The number of nitrogens with one attached hydrogen (secondary N) is 1. The van der Waals surface area contributed by atoms with E-state index in [2.05, 4.69) is 48.5 Å². The largest absolute Gasteiger partial charge is 0.350 e. The number of aromatic nitrogens is 4. The summed E-state index contributed by atoms with van der Waals surface area (Å²) in [5.41, 5.74) is 0.200. The number of hydrogen-bond acceptors (Lipinski definition) is 4. The fourth-order valence-electron chi connectivity index (χ4n) is 0.762. The van der Waals surface area contributed by atoms with Gasteiger partial charge in [0.15, 0.2) is 0 Å². The van der Waals surface area contributed by atoms with Crippen molar-refractivity contribution in [3.8, 4) is 0 Å². The number of anilines is 1. The smallest absolute Gasteiger partial charge is 0.242 e. The molecule has 1 aromatic rings. The van der Waals surface area contributed by atoms with Crippen LogP contribution < -0.4 is 5.32 Å². The highest BCUT2D eigenvalue weighted by molar-refractivity contribution is 5.23. The highest BCUT2D eigenvalue weighted by atomic mass is 15.6. The Kier molecular flexibility index (Phi) is 2.54. The van der Waals surface area contributed by atoms with Crippen molar-refractivity contribution in [3.63, 3.8) is 0 Å². The Hall–Kier alpha value is -1.13. The first kappa shape index (κ1) is 9.95. The van der Waals surface area contributed by atoms with Gasteiger partial charge in [0.25, 0.3) is 0 Å². The summed E-state index contributed by atoms with van der Waals surface area (Å²) in [6.07, 6.45) is 0. The van der Waals surface area contributed by atoms with Crippen molar-refractivity contribution in [1.29, 1.82) is 0 Å². The third kappa shape index (κ3) is 2.40. The molecule has 1 rings (SSSR count). The van der Waals surface area contributed by atoms with E-state index >= 15 is 0 Å². The predicted octanol–water partition coefficient (Wildman–Crippen LogP) is 1.06. The van der Waals surface area contributed by atoms with Crippen molar-refractivity contribution in [2.75, 3.05) is 5.32 Å². The third-order valence-electron chi connectivity index (χ3n) is 2.26. The molecule has 1 aromatic heterocycles. The maximum atomic E-state index is 3.86. The van der Waals surface area contributed by atoms with E-state index in [0.29, 0.717) is 12.0 Å². The van der Waals surface area contributed by atoms with Crippen molar-refractivity contribution in [2.24, 2.45) is 12.5 Å². The Balaban J connectivity index is 2.65. The van der Waals surface area contributed by atoms with Crippen LogP contribution in [0.4, 0.5) is 5.95 Å². The molecule has 0 fully saturated rings. The standard InChI is InChI=1S/C8H17N5/c1-6(8(2,3)4)9-7-10-11-12-13(7)5/h6H,1-5H3,(H,9,10,12). The maximum absolute atomic E-state index is 3.86. The predicted molar refractivity (Wildman–Crippen MR) is 51.3 cm³/mol. The van der Waals surface area contributed by atoms with Gasteiger partial charge in [0, 0.05) is 13.1 Å². The van der Waals surface area contributed by atoms with E-state index in [1.54, 1.807) is 4.68 Å². The fourth-order valence-corrected chi connectivity index (χ4v) is 0.762. The number of nitrogens with zero attached hydrogens (tertiary/aromatic N) is 4. The zero-order valence-corrected chi connectivity index (χ0v) is 8.87. The second-order valence-electron chi connectivity index (χ2n) is 4.36. The van der Waals surface area contributed by atoms with Gasteiger partial charge in [-0.25, -0.2) is 4.68 Å². The molecular formula is C8H17N5. The first-order chi connectivity index (χ1) is 5.91. The van der Waals surface area contributed by atoms with Crippen LogP contribution in [0.2, 0.25) is 0 Å². The van der Waals surface area contributed by atoms with Crippen LogP contribution in [0.5, 0.6) is 0 Å². The van der Waals surface area contributed by atoms with Crippen molar-refractivity contribution in [3.05, 3.63) is 0 Å². The zero-order valence-electron chi connectivity index (χ0n) is 8.87. The number of tetrazole rings is 1. The van der Waals surface area contributed by atoms with E-state index in [0.717, 1.165) is 0 Å². The number of rotatable bonds is 2. The van der Waals surface area contributed by atoms with Gasteiger partial charge in [0.05, 0.1) is 0 Å². The Bertz CT molecular complexity index is 272. The van der Waals surface area contributed by atoms with Crippen LogP contribution in [0.15, 0.2) is 0 Å². The molecule has 0 aliphatic rings. The Morgan fingerprint density at radius 3 is 2.38 bits per heavy atom. The molecular weight excluding hydrogens is 166 g/mol. The van der Waals surface area contributed by atoms with Gasteiger partial charge in [0.2, 0.25) is 5.95 Å². The van der Waals surface area contributed by atoms with Crippen LogP contribution in [0.1, 0.15) is 27.7 Å². The molecule has 1 atom stereocenters. The summed E-state index contributed by atoms with van der Waals surface area (Å²) in [5, 5.41) is 14.4. The van der Waals surface area contributed by atoms with E-state index in [9.17, 15) is 0 Å². The highest BCUT2D eigenvalue weighted by Gasteiger charge is 2.21. The number of hydrogen-bond donors (Lipinski definition) is 1. The second-order valence-corrected chi connectivity index (χ2v) is 4.36. The van der Waals surface area contributed by atoms with Gasteiger partial charge in [-0.05, 0) is 22.8 Å². The average molecular weight is 183 g/mol. The molecule has 13 heavy (non-hydrogen) atoms. The van der Waals surface area contributed by atoms with Gasteiger partial charge in [-0.2, -0.15) is 0 Å². The topological polar surface area (TPSA) is 55.6 Å². The zero-order chi connectivity index (χ0) is 10.1.